The van der Waals surface area contributed by atoms with Gasteiger partial charge in [-0.1, -0.05) is 28.1 Å². The molecule has 0 radical (unpaired) electrons. The van der Waals surface area contributed by atoms with Crippen molar-refractivity contribution in [2.24, 2.45) is 0 Å². The van der Waals surface area contributed by atoms with Crippen LogP contribution < -0.4 is 5.32 Å². The van der Waals surface area contributed by atoms with Crippen molar-refractivity contribution in [1.29, 1.82) is 0 Å². The van der Waals surface area contributed by atoms with E-state index in [2.05, 4.69) is 85.9 Å². The molecule has 2 saturated heterocycles. The molecule has 2 atom stereocenters. The zero-order valence-electron chi connectivity index (χ0n) is 19.6. The molecule has 2 fully saturated rings. The van der Waals surface area contributed by atoms with Gasteiger partial charge in [-0.3, -0.25) is 9.88 Å². The van der Waals surface area contributed by atoms with Crippen molar-refractivity contribution in [3.05, 3.63) is 81.8 Å². The Morgan fingerprint density at radius 1 is 1.09 bits per heavy atom. The van der Waals surface area contributed by atoms with Crippen LogP contribution in [0.2, 0.25) is 0 Å². The molecule has 3 aromatic rings. The highest BCUT2D eigenvalue weighted by molar-refractivity contribution is 9.10. The van der Waals surface area contributed by atoms with Gasteiger partial charge in [0.05, 0.1) is 31.0 Å². The minimum Gasteiger partial charge on any atom is -0.379 e. The third kappa shape index (κ3) is 4.64. The van der Waals surface area contributed by atoms with Crippen LogP contribution >= 0.6 is 28.1 Å². The average molecular weight is 541 g/mol. The summed E-state index contributed by atoms with van der Waals surface area (Å²) in [6.45, 7) is 9.75. The molecule has 8 heteroatoms. The van der Waals surface area contributed by atoms with E-state index in [1.165, 1.54) is 17.0 Å². The Morgan fingerprint density at radius 2 is 1.91 bits per heavy atom. The van der Waals surface area contributed by atoms with E-state index in [-0.39, 0.29) is 12.1 Å². The maximum absolute atomic E-state index is 5.89. The van der Waals surface area contributed by atoms with E-state index in [0.29, 0.717) is 0 Å². The highest BCUT2D eigenvalue weighted by Crippen LogP contribution is 2.41. The minimum atomic E-state index is -0.00477. The van der Waals surface area contributed by atoms with Crippen molar-refractivity contribution in [2.45, 2.75) is 25.9 Å². The number of morpholine rings is 1. The third-order valence-corrected chi connectivity index (χ3v) is 7.66. The summed E-state index contributed by atoms with van der Waals surface area (Å²) < 4.78 is 8.93. The van der Waals surface area contributed by atoms with Crippen molar-refractivity contribution in [3.63, 3.8) is 0 Å². The van der Waals surface area contributed by atoms with Gasteiger partial charge in [-0.05, 0) is 68.0 Å². The van der Waals surface area contributed by atoms with Gasteiger partial charge >= 0.3 is 0 Å². The molecule has 0 unspecified atom stereocenters. The van der Waals surface area contributed by atoms with Gasteiger partial charge in [0.25, 0.3) is 0 Å². The number of pyridine rings is 1. The molecule has 0 amide bonds. The number of aryl methyl sites for hydroxylation is 1. The molecular weight excluding hydrogens is 510 g/mol. The summed E-state index contributed by atoms with van der Waals surface area (Å²) in [5, 5.41) is 4.39. The summed E-state index contributed by atoms with van der Waals surface area (Å²) in [5.41, 5.74) is 5.87. The number of hydrogen-bond acceptors (Lipinski definition) is 4. The summed E-state index contributed by atoms with van der Waals surface area (Å²) in [4.78, 5) is 9.51. The van der Waals surface area contributed by atoms with E-state index < -0.39 is 0 Å². The van der Waals surface area contributed by atoms with E-state index in [1.807, 2.05) is 18.3 Å². The first-order chi connectivity index (χ1) is 16.5. The Balaban J connectivity index is 1.52. The first kappa shape index (κ1) is 23.5. The zero-order chi connectivity index (χ0) is 23.7. The SMILES string of the molecule is Cc1cc([C@@H]2[C@H](c3ccccn3)NC(=S)N2CCN2CCOCC2)c(C)n1-c1cccc(Br)c1. The highest BCUT2D eigenvalue weighted by atomic mass is 79.9. The molecule has 5 rings (SSSR count). The second-order valence-corrected chi connectivity index (χ2v) is 10.2. The van der Waals surface area contributed by atoms with E-state index >= 15 is 0 Å². The number of ether oxygens (including phenoxy) is 1. The second-order valence-electron chi connectivity index (χ2n) is 8.92. The summed E-state index contributed by atoms with van der Waals surface area (Å²) in [6.07, 6.45) is 1.86. The molecule has 1 aromatic carbocycles. The molecule has 0 bridgehead atoms. The Hall–Kier alpha value is -2.26. The van der Waals surface area contributed by atoms with Crippen molar-refractivity contribution in [1.82, 2.24) is 24.7 Å². The van der Waals surface area contributed by atoms with Crippen molar-refractivity contribution >= 4 is 33.3 Å². The number of aromatic nitrogens is 2. The van der Waals surface area contributed by atoms with E-state index in [0.717, 1.165) is 60.4 Å². The number of rotatable bonds is 6. The summed E-state index contributed by atoms with van der Waals surface area (Å²) in [6, 6.07) is 16.9. The molecule has 1 N–H and O–H groups in total. The van der Waals surface area contributed by atoms with Gasteiger partial charge in [0.2, 0.25) is 0 Å². The van der Waals surface area contributed by atoms with Gasteiger partial charge < -0.3 is 19.5 Å². The normalized spacial score (nSPS) is 21.1. The van der Waals surface area contributed by atoms with Crippen molar-refractivity contribution < 1.29 is 4.74 Å². The number of benzene rings is 1. The number of halogens is 1. The van der Waals surface area contributed by atoms with Gasteiger partial charge in [0, 0.05) is 53.9 Å². The maximum Gasteiger partial charge on any atom is 0.170 e. The van der Waals surface area contributed by atoms with Gasteiger partial charge in [-0.25, -0.2) is 0 Å². The first-order valence-corrected chi connectivity index (χ1v) is 13.0. The Kier molecular flexibility index (Phi) is 7.01. The molecule has 4 heterocycles. The Morgan fingerprint density at radius 3 is 2.65 bits per heavy atom. The standard InChI is InChI=1S/C26H30BrN5OS/c1-18-16-22(19(2)32(18)21-7-5-6-20(27)17-21)25-24(23-8-3-4-9-28-23)29-26(34)31(25)11-10-30-12-14-33-15-13-30/h3-9,16-17,24-25H,10-15H2,1-2H3,(H,29,34)/t24-,25+/m0/s1. The van der Waals surface area contributed by atoms with Crippen LogP contribution in [0.4, 0.5) is 0 Å². The Labute approximate surface area is 215 Å². The molecular formula is C26H30BrN5OS. The second kappa shape index (κ2) is 10.2. The van der Waals surface area contributed by atoms with Gasteiger partial charge in [0.15, 0.2) is 5.11 Å². The van der Waals surface area contributed by atoms with E-state index in [9.17, 15) is 0 Å². The van der Waals surface area contributed by atoms with Crippen molar-refractivity contribution in [2.75, 3.05) is 39.4 Å². The van der Waals surface area contributed by atoms with E-state index in [1.54, 1.807) is 0 Å². The van der Waals surface area contributed by atoms with Crippen molar-refractivity contribution in [3.8, 4) is 5.69 Å². The number of nitrogens with one attached hydrogen (secondary N) is 1. The number of hydrogen-bond donors (Lipinski definition) is 1. The lowest BCUT2D eigenvalue weighted by molar-refractivity contribution is 0.0350. The van der Waals surface area contributed by atoms with Crippen LogP contribution in [0.15, 0.2) is 59.2 Å². The zero-order valence-corrected chi connectivity index (χ0v) is 22.0. The first-order valence-electron chi connectivity index (χ1n) is 11.8. The van der Waals surface area contributed by atoms with Crippen LogP contribution in [0.1, 0.15) is 34.7 Å². The fourth-order valence-electron chi connectivity index (χ4n) is 5.16. The van der Waals surface area contributed by atoms with Gasteiger partial charge in [0.1, 0.15) is 0 Å². The van der Waals surface area contributed by atoms with Crippen LogP contribution in [0.5, 0.6) is 0 Å². The maximum atomic E-state index is 5.89. The molecule has 0 aliphatic carbocycles. The van der Waals surface area contributed by atoms with Crippen LogP contribution in [0.3, 0.4) is 0 Å². The molecule has 2 aliphatic heterocycles. The lowest BCUT2D eigenvalue weighted by Crippen LogP contribution is -2.42. The number of nitrogens with zero attached hydrogens (tertiary/aromatic N) is 4. The molecule has 2 aromatic heterocycles. The molecule has 34 heavy (non-hydrogen) atoms. The van der Waals surface area contributed by atoms with E-state index in [4.69, 9.17) is 21.9 Å². The minimum absolute atomic E-state index is 0.00477. The highest BCUT2D eigenvalue weighted by Gasteiger charge is 2.41. The molecule has 178 valence electrons. The molecule has 0 saturated carbocycles. The van der Waals surface area contributed by atoms with Gasteiger partial charge in [-0.15, -0.1) is 0 Å². The topological polar surface area (TPSA) is 45.6 Å². The fraction of sp³-hybridized carbons (Fsp3) is 0.385. The lowest BCUT2D eigenvalue weighted by Gasteiger charge is -2.32. The summed E-state index contributed by atoms with van der Waals surface area (Å²) in [7, 11) is 0. The molecule has 2 aliphatic rings. The average Bonchev–Trinajstić information content (AvgIpc) is 3.33. The van der Waals surface area contributed by atoms with Crippen LogP contribution in [-0.4, -0.2) is 63.9 Å². The lowest BCUT2D eigenvalue weighted by atomic mass is 9.96. The van der Waals surface area contributed by atoms with Crippen LogP contribution in [0, 0.1) is 13.8 Å². The monoisotopic (exact) mass is 539 g/mol. The molecule has 0 spiro atoms. The quantitative estimate of drug-likeness (QED) is 0.463. The largest absolute Gasteiger partial charge is 0.379 e. The predicted molar refractivity (Wildman–Crippen MR) is 142 cm³/mol. The third-order valence-electron chi connectivity index (χ3n) is 6.81. The summed E-state index contributed by atoms with van der Waals surface area (Å²) in [5.74, 6) is 0. The van der Waals surface area contributed by atoms with Crippen LogP contribution in [0.25, 0.3) is 5.69 Å². The summed E-state index contributed by atoms with van der Waals surface area (Å²) >= 11 is 9.51. The fourth-order valence-corrected chi connectivity index (χ4v) is 5.88. The van der Waals surface area contributed by atoms with Crippen LogP contribution in [-0.2, 0) is 4.74 Å². The Bertz CT molecular complexity index is 1160. The number of thiocarbonyl (C=S) groups is 1. The smallest absolute Gasteiger partial charge is 0.170 e. The predicted octanol–water partition coefficient (Wildman–Crippen LogP) is 4.56. The molecule has 6 nitrogen and oxygen atoms in total. The van der Waals surface area contributed by atoms with Gasteiger partial charge in [-0.2, -0.15) is 0 Å².